The SMILES string of the molecule is CCC(C)C(C(=O)NC(Cc1ccccc1)C(O)CN(Cc1ccc(-c2c(C)noc2C)cc1)NC(=O)CCC(C)CNC(=O)OC)N1CCN(Cc2ccnc3ccccc23)C1=O. The van der Waals surface area contributed by atoms with E-state index < -0.39 is 24.3 Å². The summed E-state index contributed by atoms with van der Waals surface area (Å²) in [6, 6.07) is 25.5. The molecular formula is C49H62N8O7. The lowest BCUT2D eigenvalue weighted by Gasteiger charge is -2.35. The Labute approximate surface area is 375 Å². The van der Waals surface area contributed by atoms with Gasteiger partial charge in [-0.3, -0.25) is 20.0 Å². The number of hydrogen-bond acceptors (Lipinski definition) is 10. The molecular weight excluding hydrogens is 813 g/mol. The molecule has 6 rings (SSSR count). The first-order valence-corrected chi connectivity index (χ1v) is 22.1. The van der Waals surface area contributed by atoms with Crippen molar-refractivity contribution in [3.63, 3.8) is 0 Å². The van der Waals surface area contributed by atoms with Crippen molar-refractivity contribution < 1.29 is 33.5 Å². The Morgan fingerprint density at radius 2 is 1.69 bits per heavy atom. The van der Waals surface area contributed by atoms with Crippen LogP contribution in [0.5, 0.6) is 0 Å². The highest BCUT2D eigenvalue weighted by Gasteiger charge is 2.41. The molecule has 340 valence electrons. The number of carbonyl (C=O) groups is 4. The first kappa shape index (κ1) is 47.2. The van der Waals surface area contributed by atoms with Crippen molar-refractivity contribution in [2.45, 2.75) is 91.6 Å². The van der Waals surface area contributed by atoms with Crippen LogP contribution in [0.4, 0.5) is 9.59 Å². The predicted octanol–water partition coefficient (Wildman–Crippen LogP) is 6.55. The summed E-state index contributed by atoms with van der Waals surface area (Å²) < 4.78 is 10.1. The van der Waals surface area contributed by atoms with Gasteiger partial charge in [0.2, 0.25) is 11.8 Å². The Kier molecular flexibility index (Phi) is 16.5. The Balaban J connectivity index is 1.21. The van der Waals surface area contributed by atoms with Gasteiger partial charge in [0.1, 0.15) is 11.8 Å². The maximum Gasteiger partial charge on any atom is 0.406 e. The number of fused-ring (bicyclic) bond motifs is 1. The lowest BCUT2D eigenvalue weighted by molar-refractivity contribution is -0.130. The molecule has 0 bridgehead atoms. The molecule has 64 heavy (non-hydrogen) atoms. The van der Waals surface area contributed by atoms with E-state index in [1.165, 1.54) is 7.11 Å². The molecule has 1 fully saturated rings. The average Bonchev–Trinajstić information content (AvgIpc) is 3.83. The molecule has 1 aliphatic heterocycles. The Hall–Kier alpha value is -6.32. The van der Waals surface area contributed by atoms with Gasteiger partial charge in [-0.05, 0) is 72.9 Å². The third-order valence-corrected chi connectivity index (χ3v) is 12.1. The monoisotopic (exact) mass is 874 g/mol. The minimum Gasteiger partial charge on any atom is -0.453 e. The number of rotatable bonds is 21. The summed E-state index contributed by atoms with van der Waals surface area (Å²) in [5, 5.41) is 24.8. The summed E-state index contributed by atoms with van der Waals surface area (Å²) in [4.78, 5) is 61.9. The number of amides is 5. The number of methoxy groups -OCH3 is 1. The fraction of sp³-hybridized carbons (Fsp3) is 0.429. The number of ether oxygens (including phenoxy) is 1. The molecule has 3 aromatic carbocycles. The molecule has 3 heterocycles. The molecule has 4 N–H and O–H groups in total. The molecule has 5 aromatic rings. The van der Waals surface area contributed by atoms with Crippen LogP contribution < -0.4 is 16.1 Å². The van der Waals surface area contributed by atoms with E-state index in [0.717, 1.165) is 44.4 Å². The second kappa shape index (κ2) is 22.3. The third-order valence-electron chi connectivity index (χ3n) is 12.1. The summed E-state index contributed by atoms with van der Waals surface area (Å²) in [7, 11) is 1.30. The smallest absolute Gasteiger partial charge is 0.406 e. The van der Waals surface area contributed by atoms with Crippen molar-refractivity contribution in [2.24, 2.45) is 11.8 Å². The van der Waals surface area contributed by atoms with Crippen LogP contribution in [0.2, 0.25) is 0 Å². The molecule has 0 saturated carbocycles. The van der Waals surface area contributed by atoms with Gasteiger partial charge >= 0.3 is 12.1 Å². The normalized spacial score (nSPS) is 15.2. The van der Waals surface area contributed by atoms with Crippen LogP contribution in [-0.4, -0.2) is 105 Å². The van der Waals surface area contributed by atoms with Crippen LogP contribution in [0.25, 0.3) is 22.0 Å². The lowest BCUT2D eigenvalue weighted by Crippen LogP contribution is -2.58. The molecule has 5 amide bonds. The highest BCUT2D eigenvalue weighted by atomic mass is 16.5. The van der Waals surface area contributed by atoms with Gasteiger partial charge in [-0.25, -0.2) is 14.6 Å². The summed E-state index contributed by atoms with van der Waals surface area (Å²) in [5.41, 5.74) is 9.27. The maximum absolute atomic E-state index is 14.6. The predicted molar refractivity (Wildman–Crippen MR) is 244 cm³/mol. The number of urea groups is 1. The number of hydrazine groups is 1. The average molecular weight is 875 g/mol. The quantitative estimate of drug-likeness (QED) is 0.0590. The van der Waals surface area contributed by atoms with E-state index in [4.69, 9.17) is 4.52 Å². The number of benzene rings is 3. The molecule has 1 saturated heterocycles. The van der Waals surface area contributed by atoms with Crippen LogP contribution in [-0.2, 0) is 33.8 Å². The van der Waals surface area contributed by atoms with Crippen molar-refractivity contribution in [1.82, 2.24) is 41.0 Å². The van der Waals surface area contributed by atoms with E-state index in [-0.39, 0.29) is 49.2 Å². The molecule has 0 aliphatic carbocycles. The molecule has 0 radical (unpaired) electrons. The van der Waals surface area contributed by atoms with E-state index in [9.17, 15) is 24.3 Å². The highest BCUT2D eigenvalue weighted by molar-refractivity contribution is 5.89. The van der Waals surface area contributed by atoms with Crippen LogP contribution in [0, 0.1) is 25.7 Å². The topological polar surface area (TPSA) is 182 Å². The Bertz CT molecular complexity index is 2310. The zero-order valence-corrected chi connectivity index (χ0v) is 37.8. The van der Waals surface area contributed by atoms with Crippen LogP contribution in [0.1, 0.15) is 68.2 Å². The largest absolute Gasteiger partial charge is 0.453 e. The van der Waals surface area contributed by atoms with Gasteiger partial charge in [0.05, 0.1) is 30.5 Å². The summed E-state index contributed by atoms with van der Waals surface area (Å²) in [5.74, 6) is -0.0875. The van der Waals surface area contributed by atoms with E-state index in [1.54, 1.807) is 21.0 Å². The zero-order chi connectivity index (χ0) is 45.8. The standard InChI is InChI=1S/C49H62N8O7/c1-7-33(3)46(57-26-25-55(49(57)62)30-39-23-24-50-41-16-12-11-15-40(39)41)47(60)52-42(27-36-13-9-8-10-14-36)43(58)31-56(53-44(59)22-17-32(2)28-51-48(61)63-6)29-37-18-20-38(21-19-37)45-34(4)54-64-35(45)5/h8-16,18-21,23-24,32-33,42-43,46,58H,7,17,22,25-31H2,1-6H3,(H,51,61)(H,52,60)(H,53,59). The highest BCUT2D eigenvalue weighted by Crippen LogP contribution is 2.28. The molecule has 1 aliphatic rings. The van der Waals surface area contributed by atoms with Gasteiger partial charge in [0.15, 0.2) is 0 Å². The fourth-order valence-electron chi connectivity index (χ4n) is 8.29. The second-order valence-corrected chi connectivity index (χ2v) is 16.9. The molecule has 5 unspecified atom stereocenters. The second-order valence-electron chi connectivity index (χ2n) is 16.9. The van der Waals surface area contributed by atoms with E-state index in [0.29, 0.717) is 51.2 Å². The summed E-state index contributed by atoms with van der Waals surface area (Å²) in [6.07, 6.45) is 1.67. The number of hydrogen-bond donors (Lipinski definition) is 4. The van der Waals surface area contributed by atoms with Gasteiger partial charge in [0, 0.05) is 62.8 Å². The van der Waals surface area contributed by atoms with Crippen LogP contribution >= 0.6 is 0 Å². The molecule has 2 aromatic heterocycles. The molecule has 15 heteroatoms. The van der Waals surface area contributed by atoms with E-state index in [2.05, 4.69) is 30.9 Å². The van der Waals surface area contributed by atoms with Crippen LogP contribution in [0.3, 0.4) is 0 Å². The van der Waals surface area contributed by atoms with Gasteiger partial charge in [-0.1, -0.05) is 105 Å². The lowest BCUT2D eigenvalue weighted by atomic mass is 9.95. The first-order valence-electron chi connectivity index (χ1n) is 22.1. The van der Waals surface area contributed by atoms with E-state index in [1.807, 2.05) is 120 Å². The molecule has 0 spiro atoms. The van der Waals surface area contributed by atoms with Gasteiger partial charge in [-0.15, -0.1) is 0 Å². The van der Waals surface area contributed by atoms with Crippen molar-refractivity contribution in [1.29, 1.82) is 0 Å². The molecule has 15 nitrogen and oxygen atoms in total. The van der Waals surface area contributed by atoms with E-state index >= 15 is 0 Å². The number of pyridine rings is 1. The first-order chi connectivity index (χ1) is 30.8. The number of aryl methyl sites for hydroxylation is 2. The number of alkyl carbamates (subject to hydrolysis) is 1. The number of nitrogens with one attached hydrogen (secondary N) is 3. The van der Waals surface area contributed by atoms with Crippen molar-refractivity contribution >= 4 is 34.8 Å². The van der Waals surface area contributed by atoms with Crippen LogP contribution in [0.15, 0.2) is 95.6 Å². The van der Waals surface area contributed by atoms with Crippen molar-refractivity contribution in [3.8, 4) is 11.1 Å². The summed E-state index contributed by atoms with van der Waals surface area (Å²) >= 11 is 0. The number of carbonyl (C=O) groups excluding carboxylic acids is 4. The minimum atomic E-state index is -1.16. The number of aliphatic hydroxyl groups is 1. The summed E-state index contributed by atoms with van der Waals surface area (Å²) in [6.45, 7) is 11.5. The minimum absolute atomic E-state index is 0.00484. The number of nitrogens with zero attached hydrogens (tertiary/aromatic N) is 5. The fourth-order valence-corrected chi connectivity index (χ4v) is 8.29. The van der Waals surface area contributed by atoms with Crippen molar-refractivity contribution in [3.05, 3.63) is 119 Å². The molecule has 5 atom stereocenters. The number of para-hydroxylation sites is 1. The Morgan fingerprint density at radius 1 is 0.953 bits per heavy atom. The maximum atomic E-state index is 14.6. The third kappa shape index (κ3) is 12.2. The Morgan fingerprint density at radius 3 is 2.39 bits per heavy atom. The van der Waals surface area contributed by atoms with Gasteiger partial charge < -0.3 is 34.8 Å². The van der Waals surface area contributed by atoms with Crippen molar-refractivity contribution in [2.75, 3.05) is 33.3 Å². The number of aromatic nitrogens is 2. The van der Waals surface area contributed by atoms with Gasteiger partial charge in [-0.2, -0.15) is 0 Å². The zero-order valence-electron chi connectivity index (χ0n) is 37.8. The van der Waals surface area contributed by atoms with Gasteiger partial charge in [0.25, 0.3) is 0 Å². The number of aliphatic hydroxyl groups excluding tert-OH is 1.